The standard InChI is InChI=1S/C5H10OS2/c1-4(6)3-5(2,7)8/h7-8H,3H2,1-2H3. The smallest absolute Gasteiger partial charge is 0.132 e. The van der Waals surface area contributed by atoms with E-state index < -0.39 is 4.08 Å². The molecule has 1 nitrogen and oxygen atoms in total. The van der Waals surface area contributed by atoms with Crippen molar-refractivity contribution >= 4 is 31.0 Å². The van der Waals surface area contributed by atoms with Gasteiger partial charge in [0.15, 0.2) is 0 Å². The summed E-state index contributed by atoms with van der Waals surface area (Å²) in [5.74, 6) is 0.123. The Hall–Kier alpha value is 0.370. The normalized spacial score (nSPS) is 11.5. The van der Waals surface area contributed by atoms with Crippen molar-refractivity contribution in [2.75, 3.05) is 0 Å². The first-order valence-corrected chi connectivity index (χ1v) is 3.25. The van der Waals surface area contributed by atoms with E-state index in [1.54, 1.807) is 6.92 Å². The van der Waals surface area contributed by atoms with Crippen LogP contribution in [0, 0.1) is 0 Å². The SMILES string of the molecule is CC(=O)CC(C)(S)S. The summed E-state index contributed by atoms with van der Waals surface area (Å²) < 4.78 is -0.439. The van der Waals surface area contributed by atoms with Gasteiger partial charge in [0.1, 0.15) is 5.78 Å². The zero-order valence-electron chi connectivity index (χ0n) is 5.01. The lowest BCUT2D eigenvalue weighted by Gasteiger charge is -2.12. The molecular weight excluding hydrogens is 140 g/mol. The summed E-state index contributed by atoms with van der Waals surface area (Å²) in [6.45, 7) is 3.32. The van der Waals surface area contributed by atoms with Gasteiger partial charge in [0.2, 0.25) is 0 Å². The third-order valence-electron chi connectivity index (χ3n) is 0.584. The van der Waals surface area contributed by atoms with Crippen LogP contribution in [0.15, 0.2) is 0 Å². The van der Waals surface area contributed by atoms with Crippen molar-refractivity contribution in [3.05, 3.63) is 0 Å². The third-order valence-corrected chi connectivity index (χ3v) is 0.900. The van der Waals surface area contributed by atoms with Crippen LogP contribution in [0.1, 0.15) is 20.3 Å². The van der Waals surface area contributed by atoms with Crippen molar-refractivity contribution in [2.24, 2.45) is 0 Å². The molecule has 0 aromatic rings. The maximum atomic E-state index is 10.4. The van der Waals surface area contributed by atoms with Gasteiger partial charge in [0.05, 0.1) is 4.08 Å². The largest absolute Gasteiger partial charge is 0.300 e. The van der Waals surface area contributed by atoms with Crippen molar-refractivity contribution < 1.29 is 4.79 Å². The maximum Gasteiger partial charge on any atom is 0.132 e. The summed E-state index contributed by atoms with van der Waals surface area (Å²) in [4.78, 5) is 10.4. The van der Waals surface area contributed by atoms with Gasteiger partial charge in [-0.2, -0.15) is 25.3 Å². The van der Waals surface area contributed by atoms with Crippen LogP contribution in [0.4, 0.5) is 0 Å². The Morgan fingerprint density at radius 3 is 2.00 bits per heavy atom. The number of thiol groups is 2. The van der Waals surface area contributed by atoms with Crippen LogP contribution in [0.3, 0.4) is 0 Å². The topological polar surface area (TPSA) is 17.1 Å². The lowest BCUT2D eigenvalue weighted by molar-refractivity contribution is -0.117. The first-order valence-electron chi connectivity index (χ1n) is 2.36. The van der Waals surface area contributed by atoms with Crippen molar-refractivity contribution in [1.29, 1.82) is 0 Å². The second kappa shape index (κ2) is 2.78. The molecule has 8 heavy (non-hydrogen) atoms. The zero-order valence-corrected chi connectivity index (χ0v) is 6.80. The van der Waals surface area contributed by atoms with Crippen LogP contribution < -0.4 is 0 Å². The Morgan fingerprint density at radius 2 is 2.00 bits per heavy atom. The molecule has 0 radical (unpaired) electrons. The van der Waals surface area contributed by atoms with Crippen molar-refractivity contribution in [1.82, 2.24) is 0 Å². The predicted molar refractivity (Wildman–Crippen MR) is 41.7 cm³/mol. The predicted octanol–water partition coefficient (Wildman–Crippen LogP) is 1.54. The van der Waals surface area contributed by atoms with Crippen LogP contribution in [0.2, 0.25) is 0 Å². The highest BCUT2D eigenvalue weighted by Gasteiger charge is 2.14. The molecule has 0 bridgehead atoms. The van der Waals surface area contributed by atoms with Gasteiger partial charge in [-0.3, -0.25) is 4.79 Å². The Bertz CT molecular complexity index is 93.1. The molecule has 0 aromatic heterocycles. The third kappa shape index (κ3) is 6.37. The highest BCUT2D eigenvalue weighted by Crippen LogP contribution is 2.22. The molecule has 0 amide bonds. The summed E-state index contributed by atoms with van der Waals surface area (Å²) in [5.41, 5.74) is 0. The van der Waals surface area contributed by atoms with Crippen LogP contribution >= 0.6 is 25.3 Å². The molecule has 0 aliphatic rings. The zero-order chi connectivity index (χ0) is 6.78. The monoisotopic (exact) mass is 150 g/mol. The highest BCUT2D eigenvalue weighted by atomic mass is 32.2. The summed E-state index contributed by atoms with van der Waals surface area (Å²) in [7, 11) is 0. The average molecular weight is 150 g/mol. The second-order valence-corrected chi connectivity index (χ2v) is 4.42. The molecule has 0 aliphatic carbocycles. The minimum atomic E-state index is -0.439. The van der Waals surface area contributed by atoms with Crippen molar-refractivity contribution in [3.63, 3.8) is 0 Å². The Kier molecular flexibility index (Phi) is 2.91. The molecule has 0 fully saturated rings. The molecule has 0 atom stereocenters. The fourth-order valence-electron chi connectivity index (χ4n) is 0.472. The van der Waals surface area contributed by atoms with Gasteiger partial charge in [0.25, 0.3) is 0 Å². The quantitative estimate of drug-likeness (QED) is 0.451. The Balaban J connectivity index is 3.55. The lowest BCUT2D eigenvalue weighted by Crippen LogP contribution is -2.11. The molecule has 48 valence electrons. The maximum absolute atomic E-state index is 10.4. The molecule has 0 heterocycles. The minimum Gasteiger partial charge on any atom is -0.300 e. The van der Waals surface area contributed by atoms with E-state index in [0.29, 0.717) is 6.42 Å². The number of hydrogen-bond donors (Lipinski definition) is 2. The van der Waals surface area contributed by atoms with E-state index >= 15 is 0 Å². The van der Waals surface area contributed by atoms with E-state index in [2.05, 4.69) is 25.3 Å². The summed E-state index contributed by atoms with van der Waals surface area (Å²) in [6.07, 6.45) is 0.416. The summed E-state index contributed by atoms with van der Waals surface area (Å²) in [6, 6.07) is 0. The number of Topliss-reactive ketones (excluding diaryl/α,β-unsaturated/α-hetero) is 1. The molecule has 0 saturated heterocycles. The van der Waals surface area contributed by atoms with Crippen LogP contribution in [-0.2, 0) is 4.79 Å². The van der Waals surface area contributed by atoms with Crippen LogP contribution in [0.25, 0.3) is 0 Å². The molecule has 0 saturated carbocycles. The molecule has 0 aliphatic heterocycles. The number of rotatable bonds is 2. The first-order chi connectivity index (χ1) is 3.42. The summed E-state index contributed by atoms with van der Waals surface area (Å²) >= 11 is 8.07. The van der Waals surface area contributed by atoms with Crippen molar-refractivity contribution in [2.45, 2.75) is 24.3 Å². The number of carbonyl (C=O) groups is 1. The van der Waals surface area contributed by atoms with E-state index in [9.17, 15) is 4.79 Å². The minimum absolute atomic E-state index is 0.123. The fourth-order valence-corrected chi connectivity index (χ4v) is 0.917. The lowest BCUT2D eigenvalue weighted by atomic mass is 10.2. The average Bonchev–Trinajstić information content (AvgIpc) is 1.21. The molecule has 0 N–H and O–H groups in total. The molecule has 0 spiro atoms. The van der Waals surface area contributed by atoms with E-state index in [0.717, 1.165) is 0 Å². The number of carbonyl (C=O) groups excluding carboxylic acids is 1. The molecule has 0 aromatic carbocycles. The fraction of sp³-hybridized carbons (Fsp3) is 0.800. The number of hydrogen-bond acceptors (Lipinski definition) is 3. The van der Waals surface area contributed by atoms with Gasteiger partial charge in [-0.25, -0.2) is 0 Å². The van der Waals surface area contributed by atoms with Gasteiger partial charge < -0.3 is 0 Å². The van der Waals surface area contributed by atoms with Gasteiger partial charge in [0, 0.05) is 6.42 Å². The highest BCUT2D eigenvalue weighted by molar-refractivity contribution is 8.00. The molecule has 3 heteroatoms. The van der Waals surface area contributed by atoms with Crippen LogP contribution in [0.5, 0.6) is 0 Å². The van der Waals surface area contributed by atoms with Crippen molar-refractivity contribution in [3.8, 4) is 0 Å². The van der Waals surface area contributed by atoms with Crippen LogP contribution in [-0.4, -0.2) is 9.86 Å². The summed E-state index contributed by atoms with van der Waals surface area (Å²) in [5, 5.41) is 0. The first kappa shape index (κ1) is 8.37. The number of ketones is 1. The van der Waals surface area contributed by atoms with Gasteiger partial charge in [-0.05, 0) is 13.8 Å². The Labute approximate surface area is 60.7 Å². The molecular formula is C5H10OS2. The van der Waals surface area contributed by atoms with E-state index in [1.165, 1.54) is 6.92 Å². The molecule has 0 unspecified atom stereocenters. The second-order valence-electron chi connectivity index (χ2n) is 2.10. The van der Waals surface area contributed by atoms with E-state index in [4.69, 9.17) is 0 Å². The molecule has 0 rings (SSSR count). The van der Waals surface area contributed by atoms with Gasteiger partial charge in [-0.1, -0.05) is 0 Å². The van der Waals surface area contributed by atoms with Gasteiger partial charge >= 0.3 is 0 Å². The Morgan fingerprint density at radius 1 is 1.62 bits per heavy atom. The van der Waals surface area contributed by atoms with E-state index in [1.807, 2.05) is 0 Å². The van der Waals surface area contributed by atoms with E-state index in [-0.39, 0.29) is 5.78 Å². The van der Waals surface area contributed by atoms with Gasteiger partial charge in [-0.15, -0.1) is 0 Å².